The summed E-state index contributed by atoms with van der Waals surface area (Å²) < 4.78 is 0. The molecule has 0 aliphatic heterocycles. The van der Waals surface area contributed by atoms with Gasteiger partial charge in [0, 0.05) is 31.4 Å². The molecule has 0 atom stereocenters. The van der Waals surface area contributed by atoms with E-state index in [2.05, 4.69) is 15.3 Å². The Kier molecular flexibility index (Phi) is 3.60. The van der Waals surface area contributed by atoms with E-state index in [1.165, 1.54) is 0 Å². The zero-order valence-electron chi connectivity index (χ0n) is 7.90. The van der Waals surface area contributed by atoms with E-state index in [9.17, 15) is 4.79 Å². The van der Waals surface area contributed by atoms with Crippen molar-refractivity contribution in [3.63, 3.8) is 0 Å². The Hall–Kier alpha value is -1.91. The van der Waals surface area contributed by atoms with Gasteiger partial charge < -0.3 is 11.1 Å². The van der Waals surface area contributed by atoms with Crippen LogP contribution in [0.5, 0.6) is 0 Å². The second-order valence-electron chi connectivity index (χ2n) is 2.66. The number of hydrogen-bond acceptors (Lipinski definition) is 4. The van der Waals surface area contributed by atoms with Gasteiger partial charge in [-0.25, -0.2) is 9.97 Å². The average Bonchev–Trinajstić information content (AvgIpc) is 2.18. The summed E-state index contributed by atoms with van der Waals surface area (Å²) >= 11 is 0. The molecule has 0 unspecified atom stereocenters. The number of rotatable bonds is 4. The summed E-state index contributed by atoms with van der Waals surface area (Å²) in [6.07, 6.45) is 6.99. The van der Waals surface area contributed by atoms with Crippen molar-refractivity contribution in [1.82, 2.24) is 9.97 Å². The minimum absolute atomic E-state index is 0.230. The molecule has 1 aromatic heterocycles. The number of aromatic nitrogens is 2. The van der Waals surface area contributed by atoms with E-state index >= 15 is 0 Å². The molecule has 0 aromatic carbocycles. The molecule has 5 heteroatoms. The van der Waals surface area contributed by atoms with Gasteiger partial charge in [0.2, 0.25) is 11.9 Å². The van der Waals surface area contributed by atoms with Crippen LogP contribution in [0.25, 0.3) is 6.08 Å². The number of nitrogens with two attached hydrogens (primary N) is 1. The highest BCUT2D eigenvalue weighted by Crippen LogP contribution is 2.01. The quantitative estimate of drug-likeness (QED) is 0.723. The van der Waals surface area contributed by atoms with Crippen LogP contribution in [0, 0.1) is 0 Å². The van der Waals surface area contributed by atoms with Crippen molar-refractivity contribution in [2.45, 2.75) is 6.42 Å². The lowest BCUT2D eigenvalue weighted by atomic mass is 10.3. The Balaban J connectivity index is 2.59. The minimum Gasteiger partial charge on any atom is -0.369 e. The number of carbonyl (C=O) groups is 1. The molecule has 1 amide bonds. The summed E-state index contributed by atoms with van der Waals surface area (Å²) in [4.78, 5) is 18.4. The first-order chi connectivity index (χ1) is 6.72. The van der Waals surface area contributed by atoms with Gasteiger partial charge in [0.15, 0.2) is 0 Å². The molecule has 0 bridgehead atoms. The maximum absolute atomic E-state index is 10.4. The highest BCUT2D eigenvalue weighted by atomic mass is 16.1. The molecule has 0 aliphatic rings. The molecule has 3 N–H and O–H groups in total. The molecular formula is C9H12N4O. The van der Waals surface area contributed by atoms with E-state index < -0.39 is 0 Å². The summed E-state index contributed by atoms with van der Waals surface area (Å²) in [5.41, 5.74) is 5.81. The second kappa shape index (κ2) is 4.96. The first-order valence-electron chi connectivity index (χ1n) is 4.17. The zero-order valence-corrected chi connectivity index (χ0v) is 7.90. The average molecular weight is 192 g/mol. The van der Waals surface area contributed by atoms with Gasteiger partial charge in [-0.05, 0) is 0 Å². The molecule has 1 aromatic rings. The summed E-state index contributed by atoms with van der Waals surface area (Å²) in [5, 5.41) is 2.81. The summed E-state index contributed by atoms with van der Waals surface area (Å²) in [7, 11) is 1.75. The fraction of sp³-hybridized carbons (Fsp3) is 0.222. The Morgan fingerprint density at radius 2 is 2.21 bits per heavy atom. The normalized spacial score (nSPS) is 10.4. The van der Waals surface area contributed by atoms with E-state index in [4.69, 9.17) is 5.73 Å². The van der Waals surface area contributed by atoms with Gasteiger partial charge in [0.05, 0.1) is 0 Å². The molecule has 1 rings (SSSR count). The standard InChI is InChI=1S/C9H12N4O/c1-11-9-12-5-7(6-13-9)3-2-4-8(10)14/h2-3,5-6H,4H2,1H3,(H2,10,14)(H,11,12,13). The molecule has 14 heavy (non-hydrogen) atoms. The van der Waals surface area contributed by atoms with Crippen molar-refractivity contribution in [2.24, 2.45) is 5.73 Å². The second-order valence-corrected chi connectivity index (χ2v) is 2.66. The van der Waals surface area contributed by atoms with E-state index in [-0.39, 0.29) is 12.3 Å². The van der Waals surface area contributed by atoms with E-state index in [1.54, 1.807) is 31.6 Å². The molecule has 74 valence electrons. The fourth-order valence-electron chi connectivity index (χ4n) is 0.864. The summed E-state index contributed by atoms with van der Waals surface area (Å²) in [5.74, 6) is 0.214. The summed E-state index contributed by atoms with van der Waals surface area (Å²) in [6.45, 7) is 0. The highest BCUT2D eigenvalue weighted by molar-refractivity contribution is 5.76. The van der Waals surface area contributed by atoms with Crippen molar-refractivity contribution in [3.05, 3.63) is 24.0 Å². The van der Waals surface area contributed by atoms with Gasteiger partial charge in [0.25, 0.3) is 0 Å². The SMILES string of the molecule is CNc1ncc(C=CCC(N)=O)cn1. The van der Waals surface area contributed by atoms with Crippen LogP contribution in [0.2, 0.25) is 0 Å². The Bertz CT molecular complexity index is 331. The minimum atomic E-state index is -0.353. The number of nitrogens with one attached hydrogen (secondary N) is 1. The number of anilines is 1. The lowest BCUT2D eigenvalue weighted by molar-refractivity contribution is -0.117. The maximum atomic E-state index is 10.4. The van der Waals surface area contributed by atoms with Gasteiger partial charge in [-0.2, -0.15) is 0 Å². The molecule has 0 aliphatic carbocycles. The third kappa shape index (κ3) is 3.22. The number of nitrogens with zero attached hydrogens (tertiary/aromatic N) is 2. The molecule has 0 radical (unpaired) electrons. The van der Waals surface area contributed by atoms with Gasteiger partial charge in [-0.1, -0.05) is 12.2 Å². The topological polar surface area (TPSA) is 80.9 Å². The van der Waals surface area contributed by atoms with Crippen molar-refractivity contribution in [3.8, 4) is 0 Å². The maximum Gasteiger partial charge on any atom is 0.222 e. The van der Waals surface area contributed by atoms with E-state index in [1.807, 2.05) is 0 Å². The predicted molar refractivity (Wildman–Crippen MR) is 54.4 cm³/mol. The van der Waals surface area contributed by atoms with Crippen molar-refractivity contribution >= 4 is 17.9 Å². The van der Waals surface area contributed by atoms with Crippen molar-refractivity contribution in [1.29, 1.82) is 0 Å². The number of hydrogen-bond donors (Lipinski definition) is 2. The van der Waals surface area contributed by atoms with Crippen LogP contribution in [-0.4, -0.2) is 22.9 Å². The largest absolute Gasteiger partial charge is 0.369 e. The van der Waals surface area contributed by atoms with Crippen LogP contribution in [-0.2, 0) is 4.79 Å². The van der Waals surface area contributed by atoms with Gasteiger partial charge >= 0.3 is 0 Å². The Labute approximate surface area is 82.1 Å². The third-order valence-corrected chi connectivity index (χ3v) is 1.52. The Morgan fingerprint density at radius 3 is 2.71 bits per heavy atom. The van der Waals surface area contributed by atoms with Crippen LogP contribution in [0.3, 0.4) is 0 Å². The molecule has 0 spiro atoms. The first-order valence-corrected chi connectivity index (χ1v) is 4.17. The lowest BCUT2D eigenvalue weighted by Gasteiger charge is -1.96. The van der Waals surface area contributed by atoms with Crippen LogP contribution in [0.15, 0.2) is 18.5 Å². The van der Waals surface area contributed by atoms with E-state index in [0.29, 0.717) is 5.95 Å². The molecule has 0 fully saturated rings. The third-order valence-electron chi connectivity index (χ3n) is 1.52. The van der Waals surface area contributed by atoms with Crippen molar-refractivity contribution in [2.75, 3.05) is 12.4 Å². The molecule has 5 nitrogen and oxygen atoms in total. The monoisotopic (exact) mass is 192 g/mol. The van der Waals surface area contributed by atoms with Gasteiger partial charge in [-0.15, -0.1) is 0 Å². The zero-order chi connectivity index (χ0) is 10.4. The van der Waals surface area contributed by atoms with Crippen molar-refractivity contribution < 1.29 is 4.79 Å². The first kappa shape index (κ1) is 10.2. The predicted octanol–water partition coefficient (Wildman–Crippen LogP) is 0.407. The number of primary amides is 1. The van der Waals surface area contributed by atoms with Gasteiger partial charge in [-0.3, -0.25) is 4.79 Å². The number of amides is 1. The van der Waals surface area contributed by atoms with Crippen LogP contribution in [0.1, 0.15) is 12.0 Å². The molecule has 0 saturated carbocycles. The lowest BCUT2D eigenvalue weighted by Crippen LogP contribution is -2.07. The molecular weight excluding hydrogens is 180 g/mol. The highest BCUT2D eigenvalue weighted by Gasteiger charge is 1.92. The summed E-state index contributed by atoms with van der Waals surface area (Å²) in [6, 6.07) is 0. The molecule has 0 saturated heterocycles. The fourth-order valence-corrected chi connectivity index (χ4v) is 0.864. The van der Waals surface area contributed by atoms with Gasteiger partial charge in [0.1, 0.15) is 0 Å². The van der Waals surface area contributed by atoms with Crippen LogP contribution >= 0.6 is 0 Å². The van der Waals surface area contributed by atoms with E-state index in [0.717, 1.165) is 5.56 Å². The number of carbonyl (C=O) groups excluding carboxylic acids is 1. The van der Waals surface area contributed by atoms with Crippen LogP contribution < -0.4 is 11.1 Å². The Morgan fingerprint density at radius 1 is 1.57 bits per heavy atom. The molecule has 1 heterocycles. The smallest absolute Gasteiger partial charge is 0.222 e. The van der Waals surface area contributed by atoms with Crippen LogP contribution in [0.4, 0.5) is 5.95 Å².